The first-order valence-corrected chi connectivity index (χ1v) is 10.1. The number of anilines is 1. The third-order valence-electron chi connectivity index (χ3n) is 5.56. The molecule has 164 valence electrons. The summed E-state index contributed by atoms with van der Waals surface area (Å²) in [5.74, 6) is 2.28. The van der Waals surface area contributed by atoms with Crippen LogP contribution in [-0.4, -0.2) is 68.3 Å². The Morgan fingerprint density at radius 3 is 2.29 bits per heavy atom. The predicted molar refractivity (Wildman–Crippen MR) is 118 cm³/mol. The Kier molecular flexibility index (Phi) is 5.85. The van der Waals surface area contributed by atoms with E-state index >= 15 is 0 Å². The summed E-state index contributed by atoms with van der Waals surface area (Å²) in [6.45, 7) is 4.24. The number of rotatable bonds is 7. The Morgan fingerprint density at radius 1 is 1.03 bits per heavy atom. The zero-order valence-corrected chi connectivity index (χ0v) is 18.0. The number of nitrogens with two attached hydrogens (primary N) is 1. The summed E-state index contributed by atoms with van der Waals surface area (Å²) in [6.07, 6.45) is 0. The van der Waals surface area contributed by atoms with Gasteiger partial charge >= 0.3 is 0 Å². The molecule has 9 heteroatoms. The number of hydrogen-bond donors (Lipinski definition) is 2. The minimum atomic E-state index is -0.452. The summed E-state index contributed by atoms with van der Waals surface area (Å²) in [4.78, 5) is 24.0. The monoisotopic (exact) mass is 425 g/mol. The topological polar surface area (TPSA) is 106 Å². The number of imidazole rings is 1. The second kappa shape index (κ2) is 8.73. The zero-order chi connectivity index (χ0) is 22.0. The molecular formula is C22H27N5O4. The van der Waals surface area contributed by atoms with Crippen LogP contribution in [0, 0.1) is 0 Å². The number of methoxy groups -OCH3 is 3. The number of aromatic amines is 1. The highest BCUT2D eigenvalue weighted by molar-refractivity contribution is 5.96. The van der Waals surface area contributed by atoms with E-state index in [1.807, 2.05) is 18.2 Å². The van der Waals surface area contributed by atoms with Crippen molar-refractivity contribution < 1.29 is 19.0 Å². The molecule has 2 heterocycles. The van der Waals surface area contributed by atoms with E-state index in [9.17, 15) is 4.79 Å². The number of carbonyl (C=O) groups excluding carboxylic acids is 1. The van der Waals surface area contributed by atoms with E-state index in [1.165, 1.54) is 0 Å². The Balaban J connectivity index is 1.43. The van der Waals surface area contributed by atoms with Crippen LogP contribution in [0.4, 0.5) is 5.95 Å². The van der Waals surface area contributed by atoms with Crippen molar-refractivity contribution in [3.05, 3.63) is 41.5 Å². The molecule has 0 bridgehead atoms. The third-order valence-corrected chi connectivity index (χ3v) is 5.56. The number of amides is 1. The largest absolute Gasteiger partial charge is 0.493 e. The van der Waals surface area contributed by atoms with Crippen LogP contribution in [-0.2, 0) is 6.54 Å². The van der Waals surface area contributed by atoms with Gasteiger partial charge in [-0.05, 0) is 35.9 Å². The summed E-state index contributed by atoms with van der Waals surface area (Å²) in [5.41, 5.74) is 8.56. The number of nitrogens with one attached hydrogen (secondary N) is 1. The lowest BCUT2D eigenvalue weighted by molar-refractivity contribution is 0.100. The van der Waals surface area contributed by atoms with Gasteiger partial charge in [-0.25, -0.2) is 4.98 Å². The molecule has 2 aromatic carbocycles. The molecule has 0 radical (unpaired) electrons. The lowest BCUT2D eigenvalue weighted by Crippen LogP contribution is -2.46. The van der Waals surface area contributed by atoms with Gasteiger partial charge in [0.15, 0.2) is 11.5 Å². The van der Waals surface area contributed by atoms with E-state index in [0.717, 1.165) is 55.3 Å². The molecule has 1 saturated heterocycles. The summed E-state index contributed by atoms with van der Waals surface area (Å²) in [5, 5.41) is 0. The molecule has 1 aromatic heterocycles. The molecule has 3 N–H and O–H groups in total. The maximum atomic E-state index is 11.4. The molecule has 1 aliphatic heterocycles. The number of H-pyrrole nitrogens is 1. The predicted octanol–water partition coefficient (Wildman–Crippen LogP) is 2.01. The molecule has 3 aromatic rings. The van der Waals surface area contributed by atoms with Crippen molar-refractivity contribution in [3.8, 4) is 17.2 Å². The van der Waals surface area contributed by atoms with Crippen LogP contribution < -0.4 is 24.8 Å². The number of fused-ring (bicyclic) bond motifs is 1. The Morgan fingerprint density at radius 2 is 1.71 bits per heavy atom. The van der Waals surface area contributed by atoms with Gasteiger partial charge in [-0.1, -0.05) is 0 Å². The summed E-state index contributed by atoms with van der Waals surface area (Å²) in [7, 11) is 4.85. The standard InChI is InChI=1S/C22H27N5O4/c1-29-18-10-14(11-19(30-2)20(18)31-3)13-26-6-8-27(9-7-26)22-24-16-5-4-15(21(23)28)12-17(16)25-22/h4-5,10-12H,6-9,13H2,1-3H3,(H2,23,28)(H,24,25). The normalized spacial score (nSPS) is 14.6. The first-order chi connectivity index (χ1) is 15.0. The number of ether oxygens (including phenoxy) is 3. The van der Waals surface area contributed by atoms with Crippen LogP contribution in [0.5, 0.6) is 17.2 Å². The number of benzene rings is 2. The molecule has 0 unspecified atom stereocenters. The van der Waals surface area contributed by atoms with Gasteiger partial charge < -0.3 is 29.8 Å². The highest BCUT2D eigenvalue weighted by atomic mass is 16.5. The van der Waals surface area contributed by atoms with Crippen LogP contribution in [0.1, 0.15) is 15.9 Å². The molecule has 1 amide bonds. The van der Waals surface area contributed by atoms with Crippen molar-refractivity contribution in [3.63, 3.8) is 0 Å². The minimum absolute atomic E-state index is 0.452. The van der Waals surface area contributed by atoms with Gasteiger partial charge in [-0.15, -0.1) is 0 Å². The summed E-state index contributed by atoms with van der Waals surface area (Å²) >= 11 is 0. The SMILES string of the molecule is COc1cc(CN2CCN(c3nc4cc(C(N)=O)ccc4[nH]3)CC2)cc(OC)c1OC. The van der Waals surface area contributed by atoms with Crippen molar-refractivity contribution in [1.82, 2.24) is 14.9 Å². The Hall–Kier alpha value is -3.46. The smallest absolute Gasteiger partial charge is 0.248 e. The molecule has 1 aliphatic rings. The molecule has 4 rings (SSSR count). The van der Waals surface area contributed by atoms with E-state index in [0.29, 0.717) is 22.8 Å². The fourth-order valence-electron chi connectivity index (χ4n) is 3.90. The van der Waals surface area contributed by atoms with Gasteiger partial charge in [0.05, 0.1) is 32.4 Å². The van der Waals surface area contributed by atoms with Crippen molar-refractivity contribution in [2.45, 2.75) is 6.54 Å². The molecule has 0 aliphatic carbocycles. The molecule has 1 fully saturated rings. The number of hydrogen-bond acceptors (Lipinski definition) is 7. The van der Waals surface area contributed by atoms with E-state index < -0.39 is 5.91 Å². The number of primary amides is 1. The van der Waals surface area contributed by atoms with Crippen LogP contribution in [0.25, 0.3) is 11.0 Å². The fourth-order valence-corrected chi connectivity index (χ4v) is 3.90. The van der Waals surface area contributed by atoms with Crippen LogP contribution >= 0.6 is 0 Å². The van der Waals surface area contributed by atoms with Crippen molar-refractivity contribution in [2.24, 2.45) is 5.73 Å². The number of nitrogens with zero attached hydrogens (tertiary/aromatic N) is 3. The third kappa shape index (κ3) is 4.22. The molecular weight excluding hydrogens is 398 g/mol. The Bertz CT molecular complexity index is 1060. The highest BCUT2D eigenvalue weighted by Crippen LogP contribution is 2.38. The molecule has 9 nitrogen and oxygen atoms in total. The fraction of sp³-hybridized carbons (Fsp3) is 0.364. The first-order valence-electron chi connectivity index (χ1n) is 10.1. The second-order valence-electron chi connectivity index (χ2n) is 7.45. The van der Waals surface area contributed by atoms with E-state index in [2.05, 4.69) is 19.8 Å². The van der Waals surface area contributed by atoms with Crippen LogP contribution in [0.2, 0.25) is 0 Å². The first kappa shape index (κ1) is 20.8. The number of piperazine rings is 1. The van der Waals surface area contributed by atoms with Gasteiger partial charge in [0.1, 0.15) is 0 Å². The summed E-state index contributed by atoms with van der Waals surface area (Å²) in [6, 6.07) is 9.25. The van der Waals surface area contributed by atoms with Crippen molar-refractivity contribution in [2.75, 3.05) is 52.4 Å². The van der Waals surface area contributed by atoms with Crippen LogP contribution in [0.3, 0.4) is 0 Å². The average Bonchev–Trinajstić information content (AvgIpc) is 3.22. The number of aromatic nitrogens is 2. The van der Waals surface area contributed by atoms with Gasteiger partial charge in [-0.2, -0.15) is 0 Å². The molecule has 0 saturated carbocycles. The Labute approximate surface area is 180 Å². The molecule has 0 spiro atoms. The average molecular weight is 425 g/mol. The quantitative estimate of drug-likeness (QED) is 0.596. The van der Waals surface area contributed by atoms with Gasteiger partial charge in [0, 0.05) is 38.3 Å². The zero-order valence-electron chi connectivity index (χ0n) is 18.0. The van der Waals surface area contributed by atoms with Gasteiger partial charge in [0.2, 0.25) is 17.6 Å². The summed E-state index contributed by atoms with van der Waals surface area (Å²) < 4.78 is 16.3. The van der Waals surface area contributed by atoms with Gasteiger partial charge in [-0.3, -0.25) is 9.69 Å². The van der Waals surface area contributed by atoms with E-state index in [1.54, 1.807) is 33.5 Å². The van der Waals surface area contributed by atoms with E-state index in [4.69, 9.17) is 19.9 Å². The second-order valence-corrected chi connectivity index (χ2v) is 7.45. The van der Waals surface area contributed by atoms with Crippen molar-refractivity contribution in [1.29, 1.82) is 0 Å². The number of carbonyl (C=O) groups is 1. The lowest BCUT2D eigenvalue weighted by atomic mass is 10.1. The van der Waals surface area contributed by atoms with E-state index in [-0.39, 0.29) is 0 Å². The van der Waals surface area contributed by atoms with Gasteiger partial charge in [0.25, 0.3) is 0 Å². The van der Waals surface area contributed by atoms with Crippen molar-refractivity contribution >= 4 is 22.9 Å². The lowest BCUT2D eigenvalue weighted by Gasteiger charge is -2.34. The maximum absolute atomic E-state index is 11.4. The molecule has 31 heavy (non-hydrogen) atoms. The molecule has 0 atom stereocenters. The highest BCUT2D eigenvalue weighted by Gasteiger charge is 2.21. The minimum Gasteiger partial charge on any atom is -0.493 e. The van der Waals surface area contributed by atoms with Crippen LogP contribution in [0.15, 0.2) is 30.3 Å². The maximum Gasteiger partial charge on any atom is 0.248 e.